The van der Waals surface area contributed by atoms with Crippen molar-refractivity contribution in [3.63, 3.8) is 0 Å². The van der Waals surface area contributed by atoms with Crippen molar-refractivity contribution in [1.29, 1.82) is 5.26 Å². The van der Waals surface area contributed by atoms with Crippen LogP contribution < -0.4 is 10.6 Å². The number of benzene rings is 1. The molecule has 0 aliphatic rings. The van der Waals surface area contributed by atoms with Gasteiger partial charge in [0.05, 0.1) is 31.0 Å². The molecule has 0 fully saturated rings. The second-order valence-electron chi connectivity index (χ2n) is 6.26. The van der Waals surface area contributed by atoms with E-state index in [0.717, 1.165) is 6.20 Å². The van der Waals surface area contributed by atoms with E-state index in [4.69, 9.17) is 0 Å². The zero-order valence-corrected chi connectivity index (χ0v) is 15.3. The summed E-state index contributed by atoms with van der Waals surface area (Å²) in [5.41, 5.74) is -0.205. The number of esters is 2. The van der Waals surface area contributed by atoms with Gasteiger partial charge in [-0.1, -0.05) is 0 Å². The fourth-order valence-electron chi connectivity index (χ4n) is 1.90. The lowest BCUT2D eigenvalue weighted by molar-refractivity contribution is -0.118. The molecule has 0 aliphatic carbocycles. The second-order valence-corrected chi connectivity index (χ2v) is 6.26. The first-order chi connectivity index (χ1) is 12.1. The van der Waals surface area contributed by atoms with Crippen LogP contribution in [-0.4, -0.2) is 37.6 Å². The van der Waals surface area contributed by atoms with Gasteiger partial charge >= 0.3 is 11.9 Å². The van der Waals surface area contributed by atoms with Gasteiger partial charge in [0.15, 0.2) is 0 Å². The SMILES string of the molecule is COC(=O)c1ccc(C(=O)OC)c(N/C=C(/C#N)C(=O)NC(C)(C)C)c1. The first-order valence-electron chi connectivity index (χ1n) is 7.63. The lowest BCUT2D eigenvalue weighted by atomic mass is 10.1. The Labute approximate surface area is 151 Å². The summed E-state index contributed by atoms with van der Waals surface area (Å²) < 4.78 is 9.33. The number of amides is 1. The van der Waals surface area contributed by atoms with Crippen molar-refractivity contribution in [2.45, 2.75) is 26.3 Å². The molecule has 0 heterocycles. The van der Waals surface area contributed by atoms with Gasteiger partial charge < -0.3 is 20.1 Å². The van der Waals surface area contributed by atoms with Crippen LogP contribution >= 0.6 is 0 Å². The van der Waals surface area contributed by atoms with Gasteiger partial charge in [0, 0.05) is 11.7 Å². The van der Waals surface area contributed by atoms with Gasteiger partial charge in [-0.15, -0.1) is 0 Å². The van der Waals surface area contributed by atoms with E-state index in [9.17, 15) is 19.6 Å². The molecular formula is C18H21N3O5. The van der Waals surface area contributed by atoms with Crippen LogP contribution in [0.4, 0.5) is 5.69 Å². The number of hydrogen-bond acceptors (Lipinski definition) is 7. The fourth-order valence-corrected chi connectivity index (χ4v) is 1.90. The van der Waals surface area contributed by atoms with Crippen molar-refractivity contribution in [3.8, 4) is 6.07 Å². The molecule has 0 unspecified atom stereocenters. The molecule has 1 amide bonds. The minimum absolute atomic E-state index is 0.130. The van der Waals surface area contributed by atoms with Crippen LogP contribution in [0, 0.1) is 11.3 Å². The van der Waals surface area contributed by atoms with Crippen LogP contribution in [0.25, 0.3) is 0 Å². The van der Waals surface area contributed by atoms with E-state index in [2.05, 4.69) is 20.1 Å². The van der Waals surface area contributed by atoms with E-state index in [1.54, 1.807) is 26.8 Å². The summed E-state index contributed by atoms with van der Waals surface area (Å²) in [6.07, 6.45) is 1.16. The van der Waals surface area contributed by atoms with Gasteiger partial charge in [-0.05, 0) is 39.0 Å². The lowest BCUT2D eigenvalue weighted by Crippen LogP contribution is -2.41. The van der Waals surface area contributed by atoms with Crippen LogP contribution in [0.3, 0.4) is 0 Å². The summed E-state index contributed by atoms with van der Waals surface area (Å²) in [7, 11) is 2.45. The second kappa shape index (κ2) is 8.67. The number of rotatable bonds is 5. The van der Waals surface area contributed by atoms with Crippen molar-refractivity contribution in [1.82, 2.24) is 5.32 Å². The van der Waals surface area contributed by atoms with Crippen LogP contribution in [-0.2, 0) is 14.3 Å². The molecular weight excluding hydrogens is 338 g/mol. The lowest BCUT2D eigenvalue weighted by Gasteiger charge is -2.20. The van der Waals surface area contributed by atoms with Gasteiger partial charge in [-0.3, -0.25) is 4.79 Å². The minimum Gasteiger partial charge on any atom is -0.465 e. The van der Waals surface area contributed by atoms with E-state index in [1.807, 2.05) is 0 Å². The molecule has 0 atom stereocenters. The molecule has 0 bridgehead atoms. The molecule has 0 saturated carbocycles. The van der Waals surface area contributed by atoms with E-state index in [1.165, 1.54) is 32.4 Å². The summed E-state index contributed by atoms with van der Waals surface area (Å²) in [5.74, 6) is -1.81. The Hall–Kier alpha value is -3.34. The average molecular weight is 359 g/mol. The molecule has 1 aromatic carbocycles. The van der Waals surface area contributed by atoms with Crippen LogP contribution in [0.15, 0.2) is 30.0 Å². The summed E-state index contributed by atoms with van der Waals surface area (Å²) >= 11 is 0. The van der Waals surface area contributed by atoms with Gasteiger partial charge in [-0.25, -0.2) is 9.59 Å². The molecule has 0 spiro atoms. The van der Waals surface area contributed by atoms with E-state index in [0.29, 0.717) is 0 Å². The Kier molecular flexibility index (Phi) is 6.90. The zero-order chi connectivity index (χ0) is 19.9. The number of nitriles is 1. The maximum Gasteiger partial charge on any atom is 0.339 e. The highest BCUT2D eigenvalue weighted by Crippen LogP contribution is 2.20. The number of anilines is 1. The highest BCUT2D eigenvalue weighted by molar-refractivity contribution is 6.00. The van der Waals surface area contributed by atoms with Crippen LogP contribution in [0.2, 0.25) is 0 Å². The zero-order valence-electron chi connectivity index (χ0n) is 15.3. The predicted molar refractivity (Wildman–Crippen MR) is 94.3 cm³/mol. The first kappa shape index (κ1) is 20.7. The molecule has 8 heteroatoms. The third-order valence-corrected chi connectivity index (χ3v) is 3.07. The van der Waals surface area contributed by atoms with Crippen molar-refractivity contribution in [3.05, 3.63) is 41.1 Å². The number of carbonyl (C=O) groups excluding carboxylic acids is 3. The van der Waals surface area contributed by atoms with E-state index >= 15 is 0 Å². The van der Waals surface area contributed by atoms with Gasteiger partial charge in [-0.2, -0.15) is 5.26 Å². The van der Waals surface area contributed by atoms with Crippen LogP contribution in [0.1, 0.15) is 41.5 Å². The van der Waals surface area contributed by atoms with Gasteiger partial charge in [0.25, 0.3) is 5.91 Å². The Morgan fingerprint density at radius 3 is 2.23 bits per heavy atom. The number of nitrogens with zero attached hydrogens (tertiary/aromatic N) is 1. The van der Waals surface area contributed by atoms with Crippen molar-refractivity contribution >= 4 is 23.5 Å². The van der Waals surface area contributed by atoms with Gasteiger partial charge in [0.1, 0.15) is 11.6 Å². The average Bonchev–Trinajstić information content (AvgIpc) is 2.59. The Morgan fingerprint density at radius 1 is 1.12 bits per heavy atom. The van der Waals surface area contributed by atoms with Crippen molar-refractivity contribution in [2.24, 2.45) is 0 Å². The number of ether oxygens (including phenoxy) is 2. The minimum atomic E-state index is -0.644. The summed E-state index contributed by atoms with van der Waals surface area (Å²) in [6, 6.07) is 5.94. The molecule has 1 rings (SSSR count). The molecule has 0 aromatic heterocycles. The third kappa shape index (κ3) is 5.63. The van der Waals surface area contributed by atoms with Crippen molar-refractivity contribution in [2.75, 3.05) is 19.5 Å². The monoisotopic (exact) mass is 359 g/mol. The maximum atomic E-state index is 12.1. The Morgan fingerprint density at radius 2 is 1.73 bits per heavy atom. The smallest absolute Gasteiger partial charge is 0.339 e. The molecule has 8 nitrogen and oxygen atoms in total. The predicted octanol–water partition coefficient (Wildman–Crippen LogP) is 1.99. The third-order valence-electron chi connectivity index (χ3n) is 3.07. The van der Waals surface area contributed by atoms with Crippen LogP contribution in [0.5, 0.6) is 0 Å². The normalized spacial score (nSPS) is 11.2. The number of methoxy groups -OCH3 is 2. The fraction of sp³-hybridized carbons (Fsp3) is 0.333. The largest absolute Gasteiger partial charge is 0.465 e. The highest BCUT2D eigenvalue weighted by Gasteiger charge is 2.18. The molecule has 26 heavy (non-hydrogen) atoms. The molecule has 1 aromatic rings. The Bertz CT molecular complexity index is 785. The van der Waals surface area contributed by atoms with E-state index < -0.39 is 23.4 Å². The molecule has 0 aliphatic heterocycles. The number of nitrogens with one attached hydrogen (secondary N) is 2. The molecule has 0 saturated heterocycles. The Balaban J connectivity index is 3.23. The summed E-state index contributed by atoms with van der Waals surface area (Å²) in [5, 5.41) is 14.6. The van der Waals surface area contributed by atoms with E-state index in [-0.39, 0.29) is 22.4 Å². The van der Waals surface area contributed by atoms with Gasteiger partial charge in [0.2, 0.25) is 0 Å². The molecule has 138 valence electrons. The number of carbonyl (C=O) groups is 3. The topological polar surface area (TPSA) is 118 Å². The maximum absolute atomic E-state index is 12.1. The summed E-state index contributed by atoms with van der Waals surface area (Å²) in [4.78, 5) is 35.7. The number of hydrogen-bond donors (Lipinski definition) is 2. The molecule has 2 N–H and O–H groups in total. The highest BCUT2D eigenvalue weighted by atomic mass is 16.5. The standard InChI is InChI=1S/C18H21N3O5/c1-18(2,3)21-15(22)12(9-19)10-20-14-8-11(16(23)25-4)6-7-13(14)17(24)26-5/h6-8,10,20H,1-5H3,(H,21,22)/b12-10-. The summed E-state index contributed by atoms with van der Waals surface area (Å²) in [6.45, 7) is 5.34. The quantitative estimate of drug-likeness (QED) is 0.469. The molecule has 0 radical (unpaired) electrons. The van der Waals surface area contributed by atoms with Crippen molar-refractivity contribution < 1.29 is 23.9 Å². The first-order valence-corrected chi connectivity index (χ1v) is 7.63.